The first-order chi connectivity index (χ1) is 11.1. The summed E-state index contributed by atoms with van der Waals surface area (Å²) in [5, 5.41) is 3.51. The van der Waals surface area contributed by atoms with Gasteiger partial charge in [-0.15, -0.1) is 0 Å². The van der Waals surface area contributed by atoms with Crippen LogP contribution in [0.1, 0.15) is 45.2 Å². The van der Waals surface area contributed by atoms with Gasteiger partial charge >= 0.3 is 0 Å². The third-order valence-electron chi connectivity index (χ3n) is 5.58. The predicted octanol–water partition coefficient (Wildman–Crippen LogP) is 3.41. The highest BCUT2D eigenvalue weighted by molar-refractivity contribution is 5.34. The van der Waals surface area contributed by atoms with E-state index in [0.29, 0.717) is 6.04 Å². The summed E-state index contributed by atoms with van der Waals surface area (Å²) in [4.78, 5) is 5.25. The monoisotopic (exact) mass is 313 g/mol. The average molecular weight is 313 g/mol. The molecule has 3 rings (SSSR count). The molecule has 0 aliphatic carbocycles. The van der Waals surface area contributed by atoms with E-state index in [1.165, 1.54) is 37.1 Å². The molecule has 1 aromatic carbocycles. The lowest BCUT2D eigenvalue weighted by Gasteiger charge is -2.43. The number of rotatable bonds is 5. The van der Waals surface area contributed by atoms with Crippen LogP contribution in [0.4, 0.5) is 0 Å². The van der Waals surface area contributed by atoms with E-state index >= 15 is 0 Å². The maximum Gasteiger partial charge on any atom is 0.0591 e. The van der Waals surface area contributed by atoms with Crippen molar-refractivity contribution in [1.82, 2.24) is 15.1 Å². The highest BCUT2D eigenvalue weighted by Crippen LogP contribution is 2.39. The molecule has 0 aromatic heterocycles. The van der Waals surface area contributed by atoms with Gasteiger partial charge in [0.1, 0.15) is 0 Å². The molecule has 2 aliphatic rings. The van der Waals surface area contributed by atoms with Gasteiger partial charge in [0.2, 0.25) is 0 Å². The number of allylic oxidation sites excluding steroid dienone is 1. The number of hydrogen-bond donors (Lipinski definition) is 1. The lowest BCUT2D eigenvalue weighted by molar-refractivity contribution is 0.156. The van der Waals surface area contributed by atoms with Crippen molar-refractivity contribution in [2.45, 2.75) is 45.2 Å². The maximum absolute atomic E-state index is 3.51. The van der Waals surface area contributed by atoms with E-state index in [9.17, 15) is 0 Å². The van der Waals surface area contributed by atoms with Crippen molar-refractivity contribution in [3.05, 3.63) is 47.5 Å². The summed E-state index contributed by atoms with van der Waals surface area (Å²) >= 11 is 0. The van der Waals surface area contributed by atoms with Crippen LogP contribution < -0.4 is 5.32 Å². The molecule has 0 saturated carbocycles. The predicted molar refractivity (Wildman–Crippen MR) is 97.4 cm³/mol. The Balaban J connectivity index is 1.96. The molecule has 2 fully saturated rings. The first-order valence-corrected chi connectivity index (χ1v) is 9.06. The topological polar surface area (TPSA) is 18.5 Å². The van der Waals surface area contributed by atoms with Crippen molar-refractivity contribution >= 4 is 0 Å². The Bertz CT molecular complexity index is 523. The van der Waals surface area contributed by atoms with Crippen LogP contribution in [0.15, 0.2) is 42.0 Å². The van der Waals surface area contributed by atoms with Gasteiger partial charge in [-0.05, 0) is 57.8 Å². The number of nitrogens with zero attached hydrogens (tertiary/aromatic N) is 2. The molecule has 0 amide bonds. The standard InChI is InChI=1S/C20H31N3/c1-4-18(20(2,3)23-13-8-9-14-23)19(22-15-12-21-16-22)17-10-6-5-7-11-17/h4-7,10-11,19,21H,8-9,12-16H2,1-3H3/b18-4-. The Morgan fingerprint density at radius 1 is 1.13 bits per heavy atom. The van der Waals surface area contributed by atoms with Crippen LogP contribution >= 0.6 is 0 Å². The zero-order valence-corrected chi connectivity index (χ0v) is 14.9. The first kappa shape index (κ1) is 16.7. The maximum atomic E-state index is 3.51. The van der Waals surface area contributed by atoms with Gasteiger partial charge in [0, 0.05) is 25.3 Å². The van der Waals surface area contributed by atoms with E-state index < -0.39 is 0 Å². The quantitative estimate of drug-likeness (QED) is 0.841. The molecule has 3 nitrogen and oxygen atoms in total. The van der Waals surface area contributed by atoms with Crippen LogP contribution in [0, 0.1) is 0 Å². The van der Waals surface area contributed by atoms with Crippen LogP contribution in [0.3, 0.4) is 0 Å². The van der Waals surface area contributed by atoms with Crippen molar-refractivity contribution in [1.29, 1.82) is 0 Å². The summed E-state index contributed by atoms with van der Waals surface area (Å²) in [6.45, 7) is 12.7. The van der Waals surface area contributed by atoms with Crippen LogP contribution in [-0.2, 0) is 0 Å². The lowest BCUT2D eigenvalue weighted by Crippen LogP contribution is -2.47. The van der Waals surface area contributed by atoms with E-state index in [4.69, 9.17) is 0 Å². The second kappa shape index (κ2) is 7.16. The Kier molecular flexibility index (Phi) is 5.20. The largest absolute Gasteiger partial charge is 0.303 e. The van der Waals surface area contributed by atoms with E-state index in [1.807, 2.05) is 0 Å². The van der Waals surface area contributed by atoms with E-state index in [2.05, 4.69) is 72.3 Å². The summed E-state index contributed by atoms with van der Waals surface area (Å²) in [5.41, 5.74) is 3.06. The van der Waals surface area contributed by atoms with Crippen molar-refractivity contribution in [2.24, 2.45) is 0 Å². The minimum absolute atomic E-state index is 0.106. The molecule has 126 valence electrons. The van der Waals surface area contributed by atoms with Crippen LogP contribution in [0.2, 0.25) is 0 Å². The zero-order valence-electron chi connectivity index (χ0n) is 14.9. The summed E-state index contributed by atoms with van der Waals surface area (Å²) in [7, 11) is 0. The van der Waals surface area contributed by atoms with Gasteiger partial charge in [-0.2, -0.15) is 0 Å². The van der Waals surface area contributed by atoms with Gasteiger partial charge in [-0.3, -0.25) is 9.80 Å². The highest BCUT2D eigenvalue weighted by Gasteiger charge is 2.38. The van der Waals surface area contributed by atoms with E-state index in [1.54, 1.807) is 0 Å². The van der Waals surface area contributed by atoms with Crippen LogP contribution in [0.25, 0.3) is 0 Å². The van der Waals surface area contributed by atoms with Crippen LogP contribution in [-0.4, -0.2) is 48.2 Å². The number of hydrogen-bond acceptors (Lipinski definition) is 3. The Labute approximate surface area is 141 Å². The van der Waals surface area contributed by atoms with Crippen LogP contribution in [0.5, 0.6) is 0 Å². The fraction of sp³-hybridized carbons (Fsp3) is 0.600. The summed E-state index contributed by atoms with van der Waals surface area (Å²) in [6, 6.07) is 11.4. The summed E-state index contributed by atoms with van der Waals surface area (Å²) < 4.78 is 0. The van der Waals surface area contributed by atoms with E-state index in [0.717, 1.165) is 19.8 Å². The van der Waals surface area contributed by atoms with Crippen molar-refractivity contribution in [3.8, 4) is 0 Å². The van der Waals surface area contributed by atoms with E-state index in [-0.39, 0.29) is 5.54 Å². The molecule has 2 saturated heterocycles. The Hall–Kier alpha value is -1.16. The minimum Gasteiger partial charge on any atom is -0.303 e. The third-order valence-corrected chi connectivity index (χ3v) is 5.58. The van der Waals surface area contributed by atoms with Gasteiger partial charge in [-0.25, -0.2) is 0 Å². The molecule has 1 unspecified atom stereocenters. The van der Waals surface area contributed by atoms with Crippen molar-refractivity contribution in [2.75, 3.05) is 32.8 Å². The van der Waals surface area contributed by atoms with Gasteiger partial charge < -0.3 is 5.32 Å². The molecule has 1 N–H and O–H groups in total. The number of nitrogens with one attached hydrogen (secondary N) is 1. The molecule has 0 bridgehead atoms. The summed E-state index contributed by atoms with van der Waals surface area (Å²) in [6.07, 6.45) is 5.04. The minimum atomic E-state index is 0.106. The SMILES string of the molecule is C/C=C(/C(c1ccccc1)N1CCNC1)C(C)(C)N1CCCC1. The molecule has 0 spiro atoms. The molecule has 1 aromatic rings. The molecule has 2 heterocycles. The molecular formula is C20H31N3. The third kappa shape index (κ3) is 3.37. The van der Waals surface area contributed by atoms with Crippen molar-refractivity contribution < 1.29 is 0 Å². The second-order valence-electron chi connectivity index (χ2n) is 7.28. The van der Waals surface area contributed by atoms with Gasteiger partial charge in [-0.1, -0.05) is 36.4 Å². The normalized spacial score (nSPS) is 22.7. The van der Waals surface area contributed by atoms with Gasteiger partial charge in [0.05, 0.1) is 6.04 Å². The fourth-order valence-corrected chi connectivity index (χ4v) is 4.27. The zero-order chi connectivity index (χ0) is 16.3. The fourth-order valence-electron chi connectivity index (χ4n) is 4.27. The average Bonchev–Trinajstić information content (AvgIpc) is 3.26. The smallest absolute Gasteiger partial charge is 0.0591 e. The molecule has 1 atom stereocenters. The molecule has 0 radical (unpaired) electrons. The highest BCUT2D eigenvalue weighted by atomic mass is 15.3. The number of benzene rings is 1. The Morgan fingerprint density at radius 3 is 2.39 bits per heavy atom. The molecule has 3 heteroatoms. The second-order valence-corrected chi connectivity index (χ2v) is 7.28. The van der Waals surface area contributed by atoms with Gasteiger partial charge in [0.15, 0.2) is 0 Å². The summed E-state index contributed by atoms with van der Waals surface area (Å²) in [5.74, 6) is 0. The van der Waals surface area contributed by atoms with Crippen molar-refractivity contribution in [3.63, 3.8) is 0 Å². The first-order valence-electron chi connectivity index (χ1n) is 9.06. The van der Waals surface area contributed by atoms with Gasteiger partial charge in [0.25, 0.3) is 0 Å². The molecular weight excluding hydrogens is 282 g/mol. The lowest BCUT2D eigenvalue weighted by atomic mass is 9.82. The molecule has 23 heavy (non-hydrogen) atoms. The Morgan fingerprint density at radius 2 is 1.83 bits per heavy atom. The number of likely N-dealkylation sites (tertiary alicyclic amines) is 1. The molecule has 2 aliphatic heterocycles.